The van der Waals surface area contributed by atoms with Gasteiger partial charge >= 0.3 is 6.09 Å². The summed E-state index contributed by atoms with van der Waals surface area (Å²) in [6.45, 7) is 3.41. The highest BCUT2D eigenvalue weighted by molar-refractivity contribution is 6.30. The third-order valence-electron chi connectivity index (χ3n) is 5.12. The molecular formula is C19H23ClN2O2. The third kappa shape index (κ3) is 3.53. The molecule has 2 aliphatic rings. The van der Waals surface area contributed by atoms with Crippen molar-refractivity contribution in [1.29, 1.82) is 0 Å². The van der Waals surface area contributed by atoms with E-state index in [1.807, 2.05) is 24.3 Å². The maximum atomic E-state index is 11.5. The molecule has 0 saturated carbocycles. The first-order chi connectivity index (χ1) is 11.6. The van der Waals surface area contributed by atoms with Gasteiger partial charge in [-0.1, -0.05) is 36.4 Å². The van der Waals surface area contributed by atoms with E-state index in [1.165, 1.54) is 0 Å². The zero-order valence-corrected chi connectivity index (χ0v) is 14.7. The van der Waals surface area contributed by atoms with Gasteiger partial charge < -0.3 is 10.0 Å². The molecule has 3 rings (SSSR count). The highest BCUT2D eigenvalue weighted by Crippen LogP contribution is 2.31. The summed E-state index contributed by atoms with van der Waals surface area (Å²) >= 11 is 6.02. The number of piperazine rings is 1. The van der Waals surface area contributed by atoms with Crippen LogP contribution in [0.25, 0.3) is 0 Å². The predicted octanol–water partition coefficient (Wildman–Crippen LogP) is 3.69. The maximum Gasteiger partial charge on any atom is 0.407 e. The van der Waals surface area contributed by atoms with Crippen molar-refractivity contribution in [3.8, 4) is 11.8 Å². The van der Waals surface area contributed by atoms with Gasteiger partial charge in [0, 0.05) is 29.7 Å². The van der Waals surface area contributed by atoms with E-state index in [9.17, 15) is 9.90 Å². The summed E-state index contributed by atoms with van der Waals surface area (Å²) in [5.74, 6) is 6.65. The Hall–Kier alpha value is -1.70. The minimum atomic E-state index is -0.798. The van der Waals surface area contributed by atoms with E-state index in [-0.39, 0.29) is 18.1 Å². The smallest absolute Gasteiger partial charge is 0.407 e. The lowest BCUT2D eigenvalue weighted by Crippen LogP contribution is -2.64. The topological polar surface area (TPSA) is 43.8 Å². The molecule has 24 heavy (non-hydrogen) atoms. The van der Waals surface area contributed by atoms with Gasteiger partial charge in [0.15, 0.2) is 0 Å². The fourth-order valence-corrected chi connectivity index (χ4v) is 4.22. The first-order valence-electron chi connectivity index (χ1n) is 8.62. The van der Waals surface area contributed by atoms with Crippen molar-refractivity contribution in [3.05, 3.63) is 34.9 Å². The average Bonchev–Trinajstić information content (AvgIpc) is 2.58. The molecule has 1 N–H and O–H groups in total. The molecule has 2 fully saturated rings. The summed E-state index contributed by atoms with van der Waals surface area (Å²) in [5.41, 5.74) is 0.931. The molecule has 2 aliphatic heterocycles. The van der Waals surface area contributed by atoms with Gasteiger partial charge in [-0.25, -0.2) is 4.79 Å². The van der Waals surface area contributed by atoms with Crippen LogP contribution in [0.1, 0.15) is 38.2 Å². The van der Waals surface area contributed by atoms with E-state index >= 15 is 0 Å². The second-order valence-electron chi connectivity index (χ2n) is 6.48. The SMILES string of the molecule is CCC1[C@@H]2CCC[C@H](C#Cc3cccc(Cl)c3)N2CCN1C(=O)O. The molecule has 128 valence electrons. The molecule has 1 aromatic carbocycles. The van der Waals surface area contributed by atoms with Crippen LogP contribution >= 0.6 is 11.6 Å². The van der Waals surface area contributed by atoms with Crippen LogP contribution < -0.4 is 0 Å². The lowest BCUT2D eigenvalue weighted by Gasteiger charge is -2.50. The number of hydrogen-bond acceptors (Lipinski definition) is 2. The van der Waals surface area contributed by atoms with Crippen molar-refractivity contribution in [1.82, 2.24) is 9.80 Å². The Morgan fingerprint density at radius 3 is 2.92 bits per heavy atom. The largest absolute Gasteiger partial charge is 0.465 e. The zero-order chi connectivity index (χ0) is 17.1. The lowest BCUT2D eigenvalue weighted by atomic mass is 9.87. The summed E-state index contributed by atoms with van der Waals surface area (Å²) < 4.78 is 0. The second-order valence-corrected chi connectivity index (χ2v) is 6.92. The molecule has 0 aliphatic carbocycles. The van der Waals surface area contributed by atoms with Gasteiger partial charge in [0.1, 0.15) is 0 Å². The van der Waals surface area contributed by atoms with Gasteiger partial charge in [0.05, 0.1) is 12.1 Å². The van der Waals surface area contributed by atoms with Crippen molar-refractivity contribution in [2.24, 2.45) is 0 Å². The van der Waals surface area contributed by atoms with Gasteiger partial charge in [-0.15, -0.1) is 0 Å². The number of fused-ring (bicyclic) bond motifs is 1. The summed E-state index contributed by atoms with van der Waals surface area (Å²) in [4.78, 5) is 15.5. The number of carbonyl (C=O) groups is 1. The first kappa shape index (κ1) is 17.1. The number of benzene rings is 1. The van der Waals surface area contributed by atoms with Gasteiger partial charge in [-0.2, -0.15) is 0 Å². The Labute approximate surface area is 148 Å². The van der Waals surface area contributed by atoms with Gasteiger partial charge in [0.25, 0.3) is 0 Å². The zero-order valence-electron chi connectivity index (χ0n) is 13.9. The molecular weight excluding hydrogens is 324 g/mol. The average molecular weight is 347 g/mol. The van der Waals surface area contributed by atoms with Crippen molar-refractivity contribution in [2.75, 3.05) is 13.1 Å². The van der Waals surface area contributed by atoms with E-state index in [0.717, 1.165) is 37.8 Å². The normalized spacial score (nSPS) is 27.1. The first-order valence-corrected chi connectivity index (χ1v) is 9.00. The van der Waals surface area contributed by atoms with E-state index in [1.54, 1.807) is 4.90 Å². The van der Waals surface area contributed by atoms with E-state index in [2.05, 4.69) is 23.7 Å². The van der Waals surface area contributed by atoms with Crippen LogP contribution in [0.2, 0.25) is 5.02 Å². The predicted molar refractivity (Wildman–Crippen MR) is 95.3 cm³/mol. The van der Waals surface area contributed by atoms with Crippen molar-refractivity contribution < 1.29 is 9.90 Å². The number of carboxylic acid groups (broad SMARTS) is 1. The van der Waals surface area contributed by atoms with Crippen LogP contribution in [0.5, 0.6) is 0 Å². The van der Waals surface area contributed by atoms with Crippen LogP contribution in [0.4, 0.5) is 4.79 Å². The monoisotopic (exact) mass is 346 g/mol. The quantitative estimate of drug-likeness (QED) is 0.789. The third-order valence-corrected chi connectivity index (χ3v) is 5.35. The van der Waals surface area contributed by atoms with E-state index in [4.69, 9.17) is 11.6 Å². The molecule has 5 heteroatoms. The fourth-order valence-electron chi connectivity index (χ4n) is 4.03. The van der Waals surface area contributed by atoms with Gasteiger partial charge in [-0.05, 0) is 43.9 Å². The highest BCUT2D eigenvalue weighted by atomic mass is 35.5. The molecule has 1 unspecified atom stereocenters. The minimum Gasteiger partial charge on any atom is -0.465 e. The molecule has 3 atom stereocenters. The molecule has 2 saturated heterocycles. The summed E-state index contributed by atoms with van der Waals surface area (Å²) in [6.07, 6.45) is 3.25. The van der Waals surface area contributed by atoms with Gasteiger partial charge in [-0.3, -0.25) is 4.90 Å². The number of rotatable bonds is 1. The summed E-state index contributed by atoms with van der Waals surface area (Å²) in [5, 5.41) is 10.1. The number of amides is 1. The number of halogens is 1. The second kappa shape index (κ2) is 7.46. The van der Waals surface area contributed by atoms with Crippen LogP contribution in [-0.4, -0.2) is 52.2 Å². The molecule has 0 spiro atoms. The highest BCUT2D eigenvalue weighted by Gasteiger charge is 2.41. The Morgan fingerprint density at radius 2 is 2.21 bits per heavy atom. The van der Waals surface area contributed by atoms with E-state index in [0.29, 0.717) is 11.6 Å². The van der Waals surface area contributed by atoms with Crippen LogP contribution in [0.3, 0.4) is 0 Å². The molecule has 1 amide bonds. The van der Waals surface area contributed by atoms with Gasteiger partial charge in [0.2, 0.25) is 0 Å². The van der Waals surface area contributed by atoms with Crippen molar-refractivity contribution in [2.45, 2.75) is 50.7 Å². The molecule has 1 aromatic rings. The van der Waals surface area contributed by atoms with Crippen LogP contribution in [-0.2, 0) is 0 Å². The molecule has 0 aromatic heterocycles. The van der Waals surface area contributed by atoms with Crippen molar-refractivity contribution in [3.63, 3.8) is 0 Å². The summed E-state index contributed by atoms with van der Waals surface area (Å²) in [6, 6.07) is 8.17. The summed E-state index contributed by atoms with van der Waals surface area (Å²) in [7, 11) is 0. The Balaban J connectivity index is 1.79. The Kier molecular flexibility index (Phi) is 5.33. The fraction of sp³-hybridized carbons (Fsp3) is 0.526. The molecule has 4 nitrogen and oxygen atoms in total. The maximum absolute atomic E-state index is 11.5. The Morgan fingerprint density at radius 1 is 1.38 bits per heavy atom. The number of piperidine rings is 1. The minimum absolute atomic E-state index is 0.0759. The lowest BCUT2D eigenvalue weighted by molar-refractivity contribution is -0.0109. The standard InChI is InChI=1S/C19H23ClN2O2/c1-2-17-18-8-4-7-16(21(18)11-12-22(17)19(23)24)10-9-14-5-3-6-15(20)13-14/h3,5-6,13,16-18H,2,4,7-8,11-12H2,1H3,(H,23,24)/t16-,17?,18+/m1/s1. The van der Waals surface area contributed by atoms with Crippen LogP contribution in [0, 0.1) is 11.8 Å². The number of nitrogens with zero attached hydrogens (tertiary/aromatic N) is 2. The van der Waals surface area contributed by atoms with E-state index < -0.39 is 6.09 Å². The number of hydrogen-bond donors (Lipinski definition) is 1. The molecule has 0 bridgehead atoms. The van der Waals surface area contributed by atoms with Crippen LogP contribution in [0.15, 0.2) is 24.3 Å². The van der Waals surface area contributed by atoms with Crippen molar-refractivity contribution >= 4 is 17.7 Å². The molecule has 2 heterocycles. The Bertz CT molecular complexity index is 667. The molecule has 0 radical (unpaired) electrons.